The molecule has 0 atom stereocenters. The van der Waals surface area contributed by atoms with Crippen LogP contribution in [0.3, 0.4) is 0 Å². The molecule has 1 aromatic carbocycles. The zero-order valence-corrected chi connectivity index (χ0v) is 14.5. The molecule has 1 fully saturated rings. The Morgan fingerprint density at radius 3 is 2.71 bits per heavy atom. The van der Waals surface area contributed by atoms with Crippen LogP contribution in [-0.2, 0) is 11.2 Å². The molecule has 1 aliphatic heterocycles. The number of hydrogen-bond donors (Lipinski definition) is 2. The molecule has 0 saturated carbocycles. The van der Waals surface area contributed by atoms with Gasteiger partial charge in [0.15, 0.2) is 5.13 Å². The summed E-state index contributed by atoms with van der Waals surface area (Å²) in [6.07, 6.45) is 2.09. The van der Waals surface area contributed by atoms with Crippen LogP contribution in [0.25, 0.3) is 0 Å². The Kier molecular flexibility index (Phi) is 4.80. The van der Waals surface area contributed by atoms with Crippen LogP contribution in [0, 0.1) is 0 Å². The lowest BCUT2D eigenvalue weighted by molar-refractivity contribution is -0.115. The van der Waals surface area contributed by atoms with Gasteiger partial charge in [0.25, 0.3) is 0 Å². The normalized spacial score (nSPS) is 14.1. The number of aromatic nitrogens is 1. The minimum Gasteiger partial charge on any atom is -0.336 e. The third-order valence-electron chi connectivity index (χ3n) is 3.81. The number of urea groups is 1. The molecule has 2 aromatic rings. The molecule has 0 bridgehead atoms. The summed E-state index contributed by atoms with van der Waals surface area (Å²) in [5.74, 6) is 0.315. The van der Waals surface area contributed by atoms with Crippen molar-refractivity contribution in [2.45, 2.75) is 26.2 Å². The maximum Gasteiger partial charge on any atom is 0.321 e. The van der Waals surface area contributed by atoms with Crippen LogP contribution in [-0.4, -0.2) is 30.0 Å². The molecule has 0 radical (unpaired) electrons. The predicted octanol–water partition coefficient (Wildman–Crippen LogP) is 2.98. The molecule has 1 saturated heterocycles. The van der Waals surface area contributed by atoms with Crippen molar-refractivity contribution >= 4 is 34.1 Å². The van der Waals surface area contributed by atoms with Gasteiger partial charge in [-0.1, -0.05) is 26.0 Å². The van der Waals surface area contributed by atoms with Gasteiger partial charge in [-0.15, -0.1) is 11.3 Å². The van der Waals surface area contributed by atoms with Crippen LogP contribution in [0.2, 0.25) is 0 Å². The van der Waals surface area contributed by atoms with Crippen molar-refractivity contribution in [3.8, 4) is 0 Å². The summed E-state index contributed by atoms with van der Waals surface area (Å²) < 4.78 is 0. The molecule has 24 heavy (non-hydrogen) atoms. The van der Waals surface area contributed by atoms with Crippen LogP contribution < -0.4 is 15.5 Å². The Bertz CT molecular complexity index is 739. The molecule has 7 heteroatoms. The number of carbonyl (C=O) groups is 2. The van der Waals surface area contributed by atoms with Crippen LogP contribution in [0.1, 0.15) is 30.2 Å². The summed E-state index contributed by atoms with van der Waals surface area (Å²) in [4.78, 5) is 30.8. The van der Waals surface area contributed by atoms with Gasteiger partial charge in [-0.25, -0.2) is 9.78 Å². The Morgan fingerprint density at radius 1 is 1.38 bits per heavy atom. The molecular formula is C17H20N4O2S. The maximum absolute atomic E-state index is 12.1. The van der Waals surface area contributed by atoms with Crippen molar-refractivity contribution in [3.05, 3.63) is 40.9 Å². The highest BCUT2D eigenvalue weighted by molar-refractivity contribution is 7.15. The highest BCUT2D eigenvalue weighted by Crippen LogP contribution is 2.25. The van der Waals surface area contributed by atoms with E-state index in [2.05, 4.69) is 29.5 Å². The Labute approximate surface area is 144 Å². The molecule has 1 aliphatic rings. The van der Waals surface area contributed by atoms with Gasteiger partial charge in [0.1, 0.15) is 0 Å². The van der Waals surface area contributed by atoms with Gasteiger partial charge in [-0.05, 0) is 23.6 Å². The fourth-order valence-corrected chi connectivity index (χ4v) is 3.31. The second-order valence-corrected chi connectivity index (χ2v) is 7.06. The highest BCUT2D eigenvalue weighted by Gasteiger charge is 2.20. The zero-order valence-electron chi connectivity index (χ0n) is 13.7. The lowest BCUT2D eigenvalue weighted by atomic mass is 10.1. The lowest BCUT2D eigenvalue weighted by Crippen LogP contribution is -2.27. The Morgan fingerprint density at radius 2 is 2.12 bits per heavy atom. The zero-order chi connectivity index (χ0) is 17.1. The summed E-state index contributed by atoms with van der Waals surface area (Å²) in [6, 6.07) is 7.41. The summed E-state index contributed by atoms with van der Waals surface area (Å²) in [7, 11) is 0. The smallest absolute Gasteiger partial charge is 0.321 e. The number of carbonyl (C=O) groups excluding carboxylic acids is 2. The number of nitrogens with zero attached hydrogens (tertiary/aromatic N) is 2. The lowest BCUT2D eigenvalue weighted by Gasteiger charge is -2.14. The van der Waals surface area contributed by atoms with Crippen molar-refractivity contribution in [3.63, 3.8) is 0 Å². The van der Waals surface area contributed by atoms with Gasteiger partial charge in [-0.3, -0.25) is 9.69 Å². The number of nitrogens with one attached hydrogen (secondary N) is 2. The first-order valence-corrected chi connectivity index (χ1v) is 8.74. The van der Waals surface area contributed by atoms with E-state index in [-0.39, 0.29) is 18.4 Å². The highest BCUT2D eigenvalue weighted by atomic mass is 32.1. The van der Waals surface area contributed by atoms with E-state index in [1.165, 1.54) is 11.3 Å². The molecule has 6 nitrogen and oxygen atoms in total. The first-order valence-electron chi connectivity index (χ1n) is 7.93. The third kappa shape index (κ3) is 3.73. The van der Waals surface area contributed by atoms with Crippen LogP contribution in [0.15, 0.2) is 30.5 Å². The number of thiazole rings is 1. The van der Waals surface area contributed by atoms with Crippen molar-refractivity contribution in [1.29, 1.82) is 0 Å². The average molecular weight is 344 g/mol. The number of rotatable bonds is 5. The molecule has 2 N–H and O–H groups in total. The van der Waals surface area contributed by atoms with E-state index < -0.39 is 0 Å². The van der Waals surface area contributed by atoms with Gasteiger partial charge in [-0.2, -0.15) is 0 Å². The molecule has 126 valence electrons. The SMILES string of the molecule is CC(C)c1cnc(NC(=O)Cc2ccc(N3CCNC3=O)cc2)s1. The van der Waals surface area contributed by atoms with E-state index in [0.29, 0.717) is 24.1 Å². The van der Waals surface area contributed by atoms with E-state index in [9.17, 15) is 9.59 Å². The van der Waals surface area contributed by atoms with Crippen LogP contribution >= 0.6 is 11.3 Å². The monoisotopic (exact) mass is 344 g/mol. The van der Waals surface area contributed by atoms with Crippen LogP contribution in [0.4, 0.5) is 15.6 Å². The quantitative estimate of drug-likeness (QED) is 0.876. The second kappa shape index (κ2) is 7.00. The Hall–Kier alpha value is -2.41. The standard InChI is InChI=1S/C17H20N4O2S/c1-11(2)14-10-19-16(24-14)20-15(22)9-12-3-5-13(6-4-12)21-8-7-18-17(21)23/h3-6,10-11H,7-9H2,1-2H3,(H,18,23)(H,19,20,22). The van der Waals surface area contributed by atoms with E-state index in [1.807, 2.05) is 24.3 Å². The fourth-order valence-electron chi connectivity index (χ4n) is 2.47. The largest absolute Gasteiger partial charge is 0.336 e. The Balaban J connectivity index is 1.58. The van der Waals surface area contributed by atoms with E-state index in [0.717, 1.165) is 16.1 Å². The van der Waals surface area contributed by atoms with Gasteiger partial charge in [0.05, 0.1) is 6.42 Å². The average Bonchev–Trinajstić information content (AvgIpc) is 3.17. The molecule has 1 aromatic heterocycles. The van der Waals surface area contributed by atoms with Crippen molar-refractivity contribution in [2.75, 3.05) is 23.3 Å². The van der Waals surface area contributed by atoms with Crippen molar-refractivity contribution in [2.24, 2.45) is 0 Å². The summed E-state index contributed by atoms with van der Waals surface area (Å²) in [5, 5.41) is 6.24. The first kappa shape index (κ1) is 16.4. The molecule has 0 unspecified atom stereocenters. The molecule has 3 amide bonds. The van der Waals surface area contributed by atoms with Gasteiger partial charge < -0.3 is 10.6 Å². The number of amides is 3. The fraction of sp³-hybridized carbons (Fsp3) is 0.353. The molecule has 2 heterocycles. The number of benzene rings is 1. The molecular weight excluding hydrogens is 324 g/mol. The number of hydrogen-bond acceptors (Lipinski definition) is 4. The predicted molar refractivity (Wildman–Crippen MR) is 95.7 cm³/mol. The minimum absolute atomic E-state index is 0.0785. The van der Waals surface area contributed by atoms with E-state index >= 15 is 0 Å². The maximum atomic E-state index is 12.1. The van der Waals surface area contributed by atoms with E-state index in [4.69, 9.17) is 0 Å². The van der Waals surface area contributed by atoms with Gasteiger partial charge >= 0.3 is 6.03 Å². The molecule has 3 rings (SSSR count). The summed E-state index contributed by atoms with van der Waals surface area (Å²) >= 11 is 1.51. The summed E-state index contributed by atoms with van der Waals surface area (Å²) in [6.45, 7) is 5.53. The minimum atomic E-state index is -0.0914. The molecule has 0 spiro atoms. The molecule has 0 aliphatic carbocycles. The van der Waals surface area contributed by atoms with Crippen molar-refractivity contribution < 1.29 is 9.59 Å². The number of anilines is 2. The first-order chi connectivity index (χ1) is 11.5. The van der Waals surface area contributed by atoms with Gasteiger partial charge in [0, 0.05) is 29.9 Å². The van der Waals surface area contributed by atoms with Gasteiger partial charge in [0.2, 0.25) is 5.91 Å². The van der Waals surface area contributed by atoms with Crippen LogP contribution in [0.5, 0.6) is 0 Å². The second-order valence-electron chi connectivity index (χ2n) is 6.00. The van der Waals surface area contributed by atoms with Crippen molar-refractivity contribution in [1.82, 2.24) is 10.3 Å². The topological polar surface area (TPSA) is 74.3 Å². The van der Waals surface area contributed by atoms with E-state index in [1.54, 1.807) is 11.1 Å². The summed E-state index contributed by atoms with van der Waals surface area (Å²) in [5.41, 5.74) is 1.74. The third-order valence-corrected chi connectivity index (χ3v) is 5.02.